The maximum absolute atomic E-state index is 12.3. The highest BCUT2D eigenvalue weighted by Crippen LogP contribution is 2.28. The van der Waals surface area contributed by atoms with Gasteiger partial charge in [0.25, 0.3) is 0 Å². The fourth-order valence-corrected chi connectivity index (χ4v) is 4.24. The van der Waals surface area contributed by atoms with Crippen LogP contribution in [0.1, 0.15) is 26.3 Å². The van der Waals surface area contributed by atoms with E-state index in [4.69, 9.17) is 0 Å². The third kappa shape index (κ3) is 6.16. The average molecular weight is 368 g/mol. The third-order valence-corrected chi connectivity index (χ3v) is 6.39. The third-order valence-electron chi connectivity index (χ3n) is 2.88. The molecule has 1 aromatic carbocycles. The highest BCUT2D eigenvalue weighted by molar-refractivity contribution is 8.01. The molecule has 2 rings (SSSR count). The quantitative estimate of drug-likeness (QED) is 0.567. The number of hydrogen-bond donors (Lipinski definition) is 1. The minimum atomic E-state index is -0.187. The summed E-state index contributed by atoms with van der Waals surface area (Å²) in [4.78, 5) is 13.3. The summed E-state index contributed by atoms with van der Waals surface area (Å²) < 4.78 is 0.896. The van der Waals surface area contributed by atoms with Crippen LogP contribution in [0.5, 0.6) is 0 Å². The molecular formula is C16H21N3OS3. The summed E-state index contributed by atoms with van der Waals surface area (Å²) in [7, 11) is 0. The molecule has 4 nitrogen and oxygen atoms in total. The van der Waals surface area contributed by atoms with Gasteiger partial charge in [-0.15, -0.1) is 22.0 Å². The zero-order valence-electron chi connectivity index (χ0n) is 13.7. The number of aromatic nitrogens is 2. The van der Waals surface area contributed by atoms with E-state index in [-0.39, 0.29) is 11.2 Å². The van der Waals surface area contributed by atoms with E-state index in [0.29, 0.717) is 11.0 Å². The number of aryl methyl sites for hydroxylation is 1. The molecule has 0 aliphatic heterocycles. The molecule has 0 saturated carbocycles. The molecule has 0 fully saturated rings. The molecule has 23 heavy (non-hydrogen) atoms. The minimum Gasteiger partial charge on any atom is -0.300 e. The topological polar surface area (TPSA) is 54.9 Å². The van der Waals surface area contributed by atoms with Crippen LogP contribution < -0.4 is 5.32 Å². The van der Waals surface area contributed by atoms with Gasteiger partial charge in [-0.05, 0) is 31.9 Å². The second-order valence-electron chi connectivity index (χ2n) is 5.64. The maximum Gasteiger partial charge on any atom is 0.239 e. The van der Waals surface area contributed by atoms with Crippen molar-refractivity contribution in [2.24, 2.45) is 5.92 Å². The number of nitrogens with zero attached hydrogens (tertiary/aromatic N) is 2. The Kier molecular flexibility index (Phi) is 6.92. The van der Waals surface area contributed by atoms with Crippen LogP contribution in [-0.2, 0) is 4.79 Å². The molecule has 0 bridgehead atoms. The van der Waals surface area contributed by atoms with Crippen LogP contribution in [0.25, 0.3) is 0 Å². The van der Waals surface area contributed by atoms with E-state index in [1.165, 1.54) is 28.7 Å². The average Bonchev–Trinajstić information content (AvgIpc) is 2.95. The smallest absolute Gasteiger partial charge is 0.239 e. The number of thioether (sulfide) groups is 2. The number of anilines is 1. The van der Waals surface area contributed by atoms with Gasteiger partial charge < -0.3 is 0 Å². The van der Waals surface area contributed by atoms with Crippen LogP contribution in [0.4, 0.5) is 5.13 Å². The van der Waals surface area contributed by atoms with E-state index in [9.17, 15) is 4.79 Å². The summed E-state index contributed by atoms with van der Waals surface area (Å²) in [5, 5.41) is 11.4. The van der Waals surface area contributed by atoms with Crippen molar-refractivity contribution in [2.45, 2.75) is 42.2 Å². The molecule has 1 atom stereocenters. The van der Waals surface area contributed by atoms with E-state index in [0.717, 1.165) is 15.0 Å². The standard InChI is InChI=1S/C16H21N3OS3/c1-10(2)9-21-16-19-18-15(23-16)17-14(20)12(4)22-13-7-5-11(3)6-8-13/h5-8,10,12H,9H2,1-4H3,(H,17,18,20)/t12-/m0/s1. The zero-order chi connectivity index (χ0) is 16.8. The van der Waals surface area contributed by atoms with Crippen molar-refractivity contribution in [3.8, 4) is 0 Å². The second-order valence-corrected chi connectivity index (χ2v) is 9.30. The van der Waals surface area contributed by atoms with Gasteiger partial charge in [0.15, 0.2) is 4.34 Å². The Morgan fingerprint density at radius 2 is 1.91 bits per heavy atom. The first-order valence-electron chi connectivity index (χ1n) is 7.44. The zero-order valence-corrected chi connectivity index (χ0v) is 16.1. The number of rotatable bonds is 7. The summed E-state index contributed by atoms with van der Waals surface area (Å²) >= 11 is 4.65. The second kappa shape index (κ2) is 8.70. The Balaban J connectivity index is 1.86. The van der Waals surface area contributed by atoms with Crippen molar-refractivity contribution in [1.82, 2.24) is 10.2 Å². The summed E-state index contributed by atoms with van der Waals surface area (Å²) in [5.41, 5.74) is 1.21. The van der Waals surface area contributed by atoms with Crippen molar-refractivity contribution < 1.29 is 4.79 Å². The molecule has 7 heteroatoms. The van der Waals surface area contributed by atoms with Crippen LogP contribution in [0, 0.1) is 12.8 Å². The van der Waals surface area contributed by atoms with E-state index in [1.807, 2.05) is 19.1 Å². The van der Waals surface area contributed by atoms with E-state index in [1.54, 1.807) is 11.8 Å². The Bertz CT molecular complexity index is 640. The highest BCUT2D eigenvalue weighted by atomic mass is 32.2. The van der Waals surface area contributed by atoms with Gasteiger partial charge in [-0.2, -0.15) is 0 Å². The summed E-state index contributed by atoms with van der Waals surface area (Å²) in [6, 6.07) is 8.18. The van der Waals surface area contributed by atoms with E-state index in [2.05, 4.69) is 48.4 Å². The van der Waals surface area contributed by atoms with Crippen molar-refractivity contribution in [3.05, 3.63) is 29.8 Å². The van der Waals surface area contributed by atoms with Gasteiger partial charge >= 0.3 is 0 Å². The predicted molar refractivity (Wildman–Crippen MR) is 101 cm³/mol. The minimum absolute atomic E-state index is 0.0489. The Morgan fingerprint density at radius 1 is 1.22 bits per heavy atom. The molecule has 1 aromatic heterocycles. The number of benzene rings is 1. The van der Waals surface area contributed by atoms with Gasteiger partial charge in [-0.25, -0.2) is 0 Å². The number of hydrogen-bond acceptors (Lipinski definition) is 6. The number of carbonyl (C=O) groups excluding carboxylic acids is 1. The lowest BCUT2D eigenvalue weighted by atomic mass is 10.2. The Morgan fingerprint density at radius 3 is 2.57 bits per heavy atom. The normalized spacial score (nSPS) is 12.4. The lowest BCUT2D eigenvalue weighted by Gasteiger charge is -2.10. The molecule has 1 heterocycles. The van der Waals surface area contributed by atoms with Gasteiger partial charge in [0.1, 0.15) is 0 Å². The van der Waals surface area contributed by atoms with Crippen LogP contribution >= 0.6 is 34.9 Å². The van der Waals surface area contributed by atoms with Gasteiger partial charge in [0.05, 0.1) is 5.25 Å². The maximum atomic E-state index is 12.3. The van der Waals surface area contributed by atoms with Crippen LogP contribution in [-0.4, -0.2) is 27.1 Å². The first-order valence-corrected chi connectivity index (χ1v) is 10.1. The highest BCUT2D eigenvalue weighted by Gasteiger charge is 2.16. The summed E-state index contributed by atoms with van der Waals surface area (Å²) in [6.45, 7) is 8.28. The fourth-order valence-electron chi connectivity index (χ4n) is 1.64. The number of amides is 1. The van der Waals surface area contributed by atoms with E-state index < -0.39 is 0 Å². The van der Waals surface area contributed by atoms with Crippen molar-refractivity contribution in [3.63, 3.8) is 0 Å². The molecular weight excluding hydrogens is 346 g/mol. The molecule has 0 unspecified atom stereocenters. The Hall–Kier alpha value is -1.05. The van der Waals surface area contributed by atoms with Crippen LogP contribution in [0.15, 0.2) is 33.5 Å². The van der Waals surface area contributed by atoms with Gasteiger partial charge in [-0.3, -0.25) is 10.1 Å². The number of nitrogens with one attached hydrogen (secondary N) is 1. The molecule has 0 aliphatic carbocycles. The number of carbonyl (C=O) groups is 1. The van der Waals surface area contributed by atoms with Crippen molar-refractivity contribution >= 4 is 45.9 Å². The van der Waals surface area contributed by atoms with Crippen molar-refractivity contribution in [2.75, 3.05) is 11.1 Å². The van der Waals surface area contributed by atoms with Gasteiger partial charge in [-0.1, -0.05) is 54.6 Å². The van der Waals surface area contributed by atoms with Crippen molar-refractivity contribution in [1.29, 1.82) is 0 Å². The largest absolute Gasteiger partial charge is 0.300 e. The fraction of sp³-hybridized carbons (Fsp3) is 0.438. The molecule has 0 aliphatic rings. The molecule has 1 N–H and O–H groups in total. The lowest BCUT2D eigenvalue weighted by Crippen LogP contribution is -2.22. The molecule has 0 spiro atoms. The first-order chi connectivity index (χ1) is 10.9. The molecule has 2 aromatic rings. The van der Waals surface area contributed by atoms with Gasteiger partial charge in [0, 0.05) is 10.6 Å². The predicted octanol–water partition coefficient (Wildman–Crippen LogP) is 4.71. The molecule has 124 valence electrons. The summed E-state index contributed by atoms with van der Waals surface area (Å²) in [6.07, 6.45) is 0. The monoisotopic (exact) mass is 367 g/mol. The SMILES string of the molecule is Cc1ccc(S[C@@H](C)C(=O)Nc2nnc(SCC(C)C)s2)cc1. The van der Waals surface area contributed by atoms with Crippen LogP contribution in [0.2, 0.25) is 0 Å². The lowest BCUT2D eigenvalue weighted by molar-refractivity contribution is -0.115. The summed E-state index contributed by atoms with van der Waals surface area (Å²) in [5.74, 6) is 1.56. The first kappa shape index (κ1) is 18.3. The molecule has 0 saturated heterocycles. The van der Waals surface area contributed by atoms with Crippen LogP contribution in [0.3, 0.4) is 0 Å². The Labute approximate surface area is 149 Å². The van der Waals surface area contributed by atoms with Gasteiger partial charge in [0.2, 0.25) is 11.0 Å². The van der Waals surface area contributed by atoms with E-state index >= 15 is 0 Å². The molecule has 1 amide bonds. The molecule has 0 radical (unpaired) electrons.